The zero-order valence-corrected chi connectivity index (χ0v) is 16.9. The quantitative estimate of drug-likeness (QED) is 0.426. The summed E-state index contributed by atoms with van der Waals surface area (Å²) in [7, 11) is 0. The van der Waals surface area contributed by atoms with Crippen LogP contribution >= 0.6 is 0 Å². The Balaban J connectivity index is 2.56. The Bertz CT molecular complexity index is 1010. The van der Waals surface area contributed by atoms with Crippen LogP contribution in [0, 0.1) is 40.5 Å². The number of hydrogen-bond acceptors (Lipinski definition) is 9. The maximum atomic E-state index is 11.5. The van der Waals surface area contributed by atoms with Gasteiger partial charge in [0.15, 0.2) is 0 Å². The lowest BCUT2D eigenvalue weighted by Crippen LogP contribution is -2.34. The first-order valence-corrected chi connectivity index (χ1v) is 8.74. The van der Waals surface area contributed by atoms with Crippen molar-refractivity contribution in [3.8, 4) is 0 Å². The second kappa shape index (κ2) is 8.02. The van der Waals surface area contributed by atoms with Crippen molar-refractivity contribution in [2.24, 2.45) is 0 Å². The van der Waals surface area contributed by atoms with E-state index in [2.05, 4.69) is 0 Å². The topological polar surface area (TPSA) is 182 Å². The van der Waals surface area contributed by atoms with Crippen LogP contribution in [-0.4, -0.2) is 19.7 Å². The highest BCUT2D eigenvalue weighted by molar-refractivity contribution is 5.53. The first-order chi connectivity index (χ1) is 14.2. The van der Waals surface area contributed by atoms with Gasteiger partial charge in [-0.3, -0.25) is 40.5 Å². The van der Waals surface area contributed by atoms with E-state index in [9.17, 15) is 40.5 Å². The van der Waals surface area contributed by atoms with Crippen LogP contribution in [0.4, 0.5) is 22.7 Å². The standard InChI is InChI=1S/C18H18N4O9/c1-17(2,13-7-5-11(19(23)24)9-15(13)21(27)28)31-18(3,4)14-8-6-12(20(25)26)10-16(14)22(29)30/h5-10H,1-4H3. The number of hydrogen-bond donors (Lipinski definition) is 0. The SMILES string of the molecule is CC(C)(OC(C)(C)c1ccc([N+](=O)[O-])cc1[N+](=O)[O-])c1ccc([N+](=O)[O-])cc1[N+](=O)[O-]. The van der Waals surface area contributed by atoms with Crippen molar-refractivity contribution in [3.05, 3.63) is 88.0 Å². The average Bonchev–Trinajstić information content (AvgIpc) is 2.65. The first-order valence-electron chi connectivity index (χ1n) is 8.74. The molecule has 0 amide bonds. The third-order valence-corrected chi connectivity index (χ3v) is 4.59. The predicted molar refractivity (Wildman–Crippen MR) is 107 cm³/mol. The van der Waals surface area contributed by atoms with Crippen molar-refractivity contribution < 1.29 is 24.4 Å². The number of nitrogens with zero attached hydrogens (tertiary/aromatic N) is 4. The summed E-state index contributed by atoms with van der Waals surface area (Å²) in [5.41, 5.74) is -4.86. The van der Waals surface area contributed by atoms with Gasteiger partial charge in [-0.05, 0) is 39.8 Å². The molecule has 0 aromatic heterocycles. The molecule has 0 aliphatic rings. The van der Waals surface area contributed by atoms with Crippen LogP contribution in [0.3, 0.4) is 0 Å². The maximum Gasteiger partial charge on any atom is 0.282 e. The van der Waals surface area contributed by atoms with Gasteiger partial charge >= 0.3 is 0 Å². The second-order valence-corrected chi connectivity index (χ2v) is 7.55. The molecule has 13 nitrogen and oxygen atoms in total. The normalized spacial score (nSPS) is 11.7. The molecule has 2 aromatic rings. The molecule has 0 N–H and O–H groups in total. The summed E-state index contributed by atoms with van der Waals surface area (Å²) in [4.78, 5) is 41.8. The molecule has 0 saturated carbocycles. The molecule has 2 rings (SSSR count). The van der Waals surface area contributed by atoms with Crippen molar-refractivity contribution in [1.82, 2.24) is 0 Å². The summed E-state index contributed by atoms with van der Waals surface area (Å²) in [5, 5.41) is 44.9. The fraction of sp³-hybridized carbons (Fsp3) is 0.333. The van der Waals surface area contributed by atoms with Crippen molar-refractivity contribution in [3.63, 3.8) is 0 Å². The van der Waals surface area contributed by atoms with Gasteiger partial charge in [0.2, 0.25) is 0 Å². The average molecular weight is 434 g/mol. The molecular formula is C18H18N4O9. The molecule has 0 radical (unpaired) electrons. The monoisotopic (exact) mass is 434 g/mol. The lowest BCUT2D eigenvalue weighted by molar-refractivity contribution is -0.396. The van der Waals surface area contributed by atoms with E-state index in [0.29, 0.717) is 0 Å². The molecule has 2 aromatic carbocycles. The Morgan fingerprint density at radius 1 is 0.613 bits per heavy atom. The summed E-state index contributed by atoms with van der Waals surface area (Å²) < 4.78 is 6.03. The van der Waals surface area contributed by atoms with E-state index >= 15 is 0 Å². The minimum Gasteiger partial charge on any atom is -0.360 e. The second-order valence-electron chi connectivity index (χ2n) is 7.55. The van der Waals surface area contributed by atoms with Crippen LogP contribution in [0.2, 0.25) is 0 Å². The van der Waals surface area contributed by atoms with Crippen LogP contribution in [0.1, 0.15) is 38.8 Å². The fourth-order valence-electron chi connectivity index (χ4n) is 3.34. The highest BCUT2D eigenvalue weighted by atomic mass is 16.6. The predicted octanol–water partition coefficient (Wildman–Crippen LogP) is 4.51. The van der Waals surface area contributed by atoms with Crippen LogP contribution in [-0.2, 0) is 15.9 Å². The summed E-state index contributed by atoms with van der Waals surface area (Å²) >= 11 is 0. The minimum atomic E-state index is -1.42. The molecule has 0 spiro atoms. The highest BCUT2D eigenvalue weighted by Gasteiger charge is 2.40. The van der Waals surface area contributed by atoms with Gasteiger partial charge in [-0.1, -0.05) is 0 Å². The van der Waals surface area contributed by atoms with Gasteiger partial charge in [0.05, 0.1) is 54.2 Å². The molecular weight excluding hydrogens is 416 g/mol. The largest absolute Gasteiger partial charge is 0.360 e. The maximum absolute atomic E-state index is 11.5. The number of nitro groups is 4. The minimum absolute atomic E-state index is 0.0146. The molecule has 0 saturated heterocycles. The van der Waals surface area contributed by atoms with Crippen LogP contribution in [0.25, 0.3) is 0 Å². The molecule has 0 aliphatic carbocycles. The number of non-ortho nitro benzene ring substituents is 2. The molecule has 0 bridgehead atoms. The Morgan fingerprint density at radius 3 is 1.19 bits per heavy atom. The van der Waals surface area contributed by atoms with E-state index in [4.69, 9.17) is 4.74 Å². The number of ether oxygens (including phenoxy) is 1. The Kier molecular flexibility index (Phi) is 6.03. The van der Waals surface area contributed by atoms with Gasteiger partial charge < -0.3 is 4.74 Å². The molecule has 0 atom stereocenters. The Labute approximate surface area is 174 Å². The molecule has 13 heteroatoms. The third-order valence-electron chi connectivity index (χ3n) is 4.59. The zero-order chi connectivity index (χ0) is 23.7. The van der Waals surface area contributed by atoms with Crippen molar-refractivity contribution in [2.75, 3.05) is 0 Å². The van der Waals surface area contributed by atoms with Crippen molar-refractivity contribution in [2.45, 2.75) is 38.9 Å². The van der Waals surface area contributed by atoms with Crippen LogP contribution in [0.15, 0.2) is 36.4 Å². The van der Waals surface area contributed by atoms with Crippen molar-refractivity contribution >= 4 is 22.7 Å². The molecule has 0 heterocycles. The number of nitro benzene ring substituents is 4. The lowest BCUT2D eigenvalue weighted by Gasteiger charge is -2.36. The Hall–Kier alpha value is -4.00. The molecule has 31 heavy (non-hydrogen) atoms. The van der Waals surface area contributed by atoms with E-state index in [0.717, 1.165) is 24.3 Å². The van der Waals surface area contributed by atoms with Gasteiger partial charge in [-0.15, -0.1) is 0 Å². The highest BCUT2D eigenvalue weighted by Crippen LogP contribution is 2.43. The summed E-state index contributed by atoms with van der Waals surface area (Å²) in [6.45, 7) is 5.89. The van der Waals surface area contributed by atoms with Gasteiger partial charge in [0.1, 0.15) is 0 Å². The molecule has 0 unspecified atom stereocenters. The Morgan fingerprint density at radius 2 is 0.935 bits per heavy atom. The summed E-state index contributed by atoms with van der Waals surface area (Å²) in [6.07, 6.45) is 0. The summed E-state index contributed by atoms with van der Waals surface area (Å²) in [5.74, 6) is 0. The fourth-order valence-corrected chi connectivity index (χ4v) is 3.34. The van der Waals surface area contributed by atoms with E-state index in [1.807, 2.05) is 0 Å². The number of benzene rings is 2. The van der Waals surface area contributed by atoms with E-state index < -0.39 is 53.6 Å². The third kappa shape index (κ3) is 4.78. The molecule has 164 valence electrons. The van der Waals surface area contributed by atoms with E-state index in [-0.39, 0.29) is 11.1 Å². The van der Waals surface area contributed by atoms with Gasteiger partial charge in [-0.25, -0.2) is 0 Å². The van der Waals surface area contributed by atoms with Gasteiger partial charge in [0, 0.05) is 12.1 Å². The smallest absolute Gasteiger partial charge is 0.282 e. The van der Waals surface area contributed by atoms with E-state index in [1.54, 1.807) is 0 Å². The lowest BCUT2D eigenvalue weighted by atomic mass is 9.91. The van der Waals surface area contributed by atoms with Gasteiger partial charge in [0.25, 0.3) is 22.7 Å². The summed E-state index contributed by atoms with van der Waals surface area (Å²) in [6, 6.07) is 6.18. The zero-order valence-electron chi connectivity index (χ0n) is 16.9. The van der Waals surface area contributed by atoms with E-state index in [1.165, 1.54) is 39.8 Å². The van der Waals surface area contributed by atoms with Crippen LogP contribution < -0.4 is 0 Å². The van der Waals surface area contributed by atoms with Gasteiger partial charge in [-0.2, -0.15) is 0 Å². The molecule has 0 fully saturated rings. The van der Waals surface area contributed by atoms with Crippen LogP contribution in [0.5, 0.6) is 0 Å². The van der Waals surface area contributed by atoms with Crippen molar-refractivity contribution in [1.29, 1.82) is 0 Å². The number of rotatable bonds is 8. The first kappa shape index (κ1) is 23.3. The molecule has 0 aliphatic heterocycles.